The monoisotopic (exact) mass is 113 g/mol. The molecule has 0 aliphatic carbocycles. The van der Waals surface area contributed by atoms with E-state index in [-0.39, 0.29) is 0 Å². The van der Waals surface area contributed by atoms with E-state index < -0.39 is 0 Å². The fourth-order valence-electron chi connectivity index (χ4n) is 0.438. The zero-order valence-electron chi connectivity index (χ0n) is 5.51. The molecule has 2 nitrogen and oxygen atoms in total. The van der Waals surface area contributed by atoms with Gasteiger partial charge in [-0.25, -0.2) is 0 Å². The Kier molecular flexibility index (Phi) is 2.92. The first-order valence-electron chi connectivity index (χ1n) is 2.47. The SMILES string of the molecule is C/C(C=O)=C\N(C)C. The van der Waals surface area contributed by atoms with E-state index in [2.05, 4.69) is 0 Å². The number of rotatable bonds is 2. The second-order valence-corrected chi connectivity index (χ2v) is 1.95. The maximum atomic E-state index is 9.95. The molecule has 0 radical (unpaired) electrons. The molecule has 0 aliphatic heterocycles. The summed E-state index contributed by atoms with van der Waals surface area (Å²) in [6.45, 7) is 1.77. The van der Waals surface area contributed by atoms with Crippen molar-refractivity contribution in [1.29, 1.82) is 0 Å². The number of hydrogen-bond donors (Lipinski definition) is 0. The van der Waals surface area contributed by atoms with Gasteiger partial charge in [0, 0.05) is 25.9 Å². The second-order valence-electron chi connectivity index (χ2n) is 1.95. The number of nitrogens with zero attached hydrogens (tertiary/aromatic N) is 1. The van der Waals surface area contributed by atoms with Crippen LogP contribution in [-0.2, 0) is 4.79 Å². The quantitative estimate of drug-likeness (QED) is 0.387. The highest BCUT2D eigenvalue weighted by Crippen LogP contribution is 1.86. The van der Waals surface area contributed by atoms with Gasteiger partial charge in [-0.3, -0.25) is 4.79 Å². The second kappa shape index (κ2) is 3.24. The summed E-state index contributed by atoms with van der Waals surface area (Å²) in [6, 6.07) is 0. The van der Waals surface area contributed by atoms with Crippen LogP contribution in [0.1, 0.15) is 6.92 Å². The number of hydrogen-bond acceptors (Lipinski definition) is 2. The molecule has 0 aromatic carbocycles. The normalized spacial score (nSPS) is 11.1. The van der Waals surface area contributed by atoms with Gasteiger partial charge in [0.2, 0.25) is 0 Å². The number of carbonyl (C=O) groups is 1. The maximum absolute atomic E-state index is 9.95. The molecular weight excluding hydrogens is 102 g/mol. The van der Waals surface area contributed by atoms with Crippen LogP contribution in [0.2, 0.25) is 0 Å². The Morgan fingerprint density at radius 2 is 2.00 bits per heavy atom. The first kappa shape index (κ1) is 7.21. The molecule has 2 heteroatoms. The zero-order valence-corrected chi connectivity index (χ0v) is 5.51. The molecule has 0 saturated heterocycles. The number of aldehydes is 1. The fraction of sp³-hybridized carbons (Fsp3) is 0.500. The summed E-state index contributed by atoms with van der Waals surface area (Å²) in [5.74, 6) is 0. The summed E-state index contributed by atoms with van der Waals surface area (Å²) in [5.41, 5.74) is 0.745. The van der Waals surface area contributed by atoms with Crippen molar-refractivity contribution in [2.24, 2.45) is 0 Å². The molecule has 0 heterocycles. The lowest BCUT2D eigenvalue weighted by molar-refractivity contribution is -0.104. The van der Waals surface area contributed by atoms with Crippen LogP contribution in [0, 0.1) is 0 Å². The highest BCUT2D eigenvalue weighted by Gasteiger charge is 1.82. The van der Waals surface area contributed by atoms with E-state index in [1.807, 2.05) is 19.0 Å². The van der Waals surface area contributed by atoms with Crippen LogP contribution in [0.3, 0.4) is 0 Å². The van der Waals surface area contributed by atoms with Gasteiger partial charge < -0.3 is 4.90 Å². The van der Waals surface area contributed by atoms with Crippen molar-refractivity contribution >= 4 is 6.29 Å². The van der Waals surface area contributed by atoms with Gasteiger partial charge in [0.1, 0.15) is 6.29 Å². The van der Waals surface area contributed by atoms with Crippen LogP contribution >= 0.6 is 0 Å². The molecule has 0 aromatic rings. The van der Waals surface area contributed by atoms with Crippen molar-refractivity contribution in [2.45, 2.75) is 6.92 Å². The Hall–Kier alpha value is -0.790. The predicted octanol–water partition coefficient (Wildman–Crippen LogP) is 0.651. The number of allylic oxidation sites excluding steroid dienone is 1. The Balaban J connectivity index is 3.74. The van der Waals surface area contributed by atoms with E-state index in [0.29, 0.717) is 0 Å². The van der Waals surface area contributed by atoms with E-state index >= 15 is 0 Å². The van der Waals surface area contributed by atoms with Gasteiger partial charge >= 0.3 is 0 Å². The highest BCUT2D eigenvalue weighted by atomic mass is 16.1. The zero-order chi connectivity index (χ0) is 6.57. The molecule has 0 aliphatic rings. The van der Waals surface area contributed by atoms with E-state index in [4.69, 9.17) is 0 Å². The molecule has 0 spiro atoms. The van der Waals surface area contributed by atoms with Gasteiger partial charge in [0.25, 0.3) is 0 Å². The van der Waals surface area contributed by atoms with Crippen LogP contribution in [0.15, 0.2) is 11.8 Å². The maximum Gasteiger partial charge on any atom is 0.147 e. The van der Waals surface area contributed by atoms with Gasteiger partial charge in [-0.05, 0) is 6.92 Å². The van der Waals surface area contributed by atoms with E-state index in [9.17, 15) is 4.79 Å². The molecular formula is C6H11NO. The summed E-state index contributed by atoms with van der Waals surface area (Å²) in [6.07, 6.45) is 2.60. The summed E-state index contributed by atoms with van der Waals surface area (Å²) >= 11 is 0. The van der Waals surface area contributed by atoms with Crippen molar-refractivity contribution in [3.63, 3.8) is 0 Å². The topological polar surface area (TPSA) is 20.3 Å². The minimum atomic E-state index is 0.745. The summed E-state index contributed by atoms with van der Waals surface area (Å²) in [5, 5.41) is 0. The van der Waals surface area contributed by atoms with Crippen LogP contribution < -0.4 is 0 Å². The molecule has 0 fully saturated rings. The Bertz CT molecular complexity index is 105. The van der Waals surface area contributed by atoms with E-state index in [0.717, 1.165) is 11.9 Å². The highest BCUT2D eigenvalue weighted by molar-refractivity contribution is 5.71. The Morgan fingerprint density at radius 3 is 2.12 bits per heavy atom. The van der Waals surface area contributed by atoms with Crippen LogP contribution in [0.5, 0.6) is 0 Å². The van der Waals surface area contributed by atoms with Crippen molar-refractivity contribution in [2.75, 3.05) is 14.1 Å². The summed E-state index contributed by atoms with van der Waals surface area (Å²) in [4.78, 5) is 11.8. The molecule has 0 unspecified atom stereocenters. The molecule has 0 amide bonds. The van der Waals surface area contributed by atoms with Crippen LogP contribution in [0.4, 0.5) is 0 Å². The average Bonchev–Trinajstić information content (AvgIpc) is 1.65. The third-order valence-electron chi connectivity index (χ3n) is 0.648. The first-order valence-corrected chi connectivity index (χ1v) is 2.47. The van der Waals surface area contributed by atoms with Crippen molar-refractivity contribution in [3.8, 4) is 0 Å². The van der Waals surface area contributed by atoms with Gasteiger partial charge in [0.15, 0.2) is 0 Å². The fourth-order valence-corrected chi connectivity index (χ4v) is 0.438. The molecule has 0 atom stereocenters. The smallest absolute Gasteiger partial charge is 0.147 e. The van der Waals surface area contributed by atoms with Gasteiger partial charge in [-0.2, -0.15) is 0 Å². The van der Waals surface area contributed by atoms with Gasteiger partial charge in [-0.15, -0.1) is 0 Å². The van der Waals surface area contributed by atoms with Crippen molar-refractivity contribution in [1.82, 2.24) is 4.90 Å². The third kappa shape index (κ3) is 3.40. The van der Waals surface area contributed by atoms with Gasteiger partial charge in [0.05, 0.1) is 0 Å². The lowest BCUT2D eigenvalue weighted by atomic mass is 10.4. The molecule has 46 valence electrons. The third-order valence-corrected chi connectivity index (χ3v) is 0.648. The van der Waals surface area contributed by atoms with Crippen molar-refractivity contribution in [3.05, 3.63) is 11.8 Å². The minimum Gasteiger partial charge on any atom is -0.383 e. The Labute approximate surface area is 49.8 Å². The molecule has 0 rings (SSSR count). The lowest BCUT2D eigenvalue weighted by Crippen LogP contribution is -2.01. The first-order chi connectivity index (χ1) is 3.66. The molecule has 0 bridgehead atoms. The summed E-state index contributed by atoms with van der Waals surface area (Å²) in [7, 11) is 3.76. The molecule has 0 saturated carbocycles. The predicted molar refractivity (Wildman–Crippen MR) is 33.5 cm³/mol. The van der Waals surface area contributed by atoms with Crippen molar-refractivity contribution < 1.29 is 4.79 Å². The van der Waals surface area contributed by atoms with E-state index in [1.165, 1.54) is 0 Å². The van der Waals surface area contributed by atoms with E-state index in [1.54, 1.807) is 13.1 Å². The standard InChI is InChI=1S/C6H11NO/c1-6(5-8)4-7(2)3/h4-5H,1-3H3/b6-4+. The largest absolute Gasteiger partial charge is 0.383 e. The average molecular weight is 113 g/mol. The van der Waals surface area contributed by atoms with Gasteiger partial charge in [-0.1, -0.05) is 0 Å². The molecule has 8 heavy (non-hydrogen) atoms. The Morgan fingerprint density at radius 1 is 1.50 bits per heavy atom. The minimum absolute atomic E-state index is 0.745. The molecule has 0 N–H and O–H groups in total. The summed E-state index contributed by atoms with van der Waals surface area (Å²) < 4.78 is 0. The lowest BCUT2D eigenvalue weighted by Gasteiger charge is -2.02. The number of carbonyl (C=O) groups excluding carboxylic acids is 1. The van der Waals surface area contributed by atoms with Crippen LogP contribution in [0.25, 0.3) is 0 Å². The van der Waals surface area contributed by atoms with Crippen LogP contribution in [-0.4, -0.2) is 25.3 Å². The molecule has 0 aromatic heterocycles.